The highest BCUT2D eigenvalue weighted by atomic mass is 32.2. The molecule has 0 fully saturated rings. The first-order valence-electron chi connectivity index (χ1n) is 6.44. The van der Waals surface area contributed by atoms with E-state index in [0.717, 1.165) is 0 Å². The van der Waals surface area contributed by atoms with Crippen LogP contribution in [0.1, 0.15) is 11.1 Å². The molecule has 0 heterocycles. The lowest BCUT2D eigenvalue weighted by atomic mass is 10.2. The molecule has 22 heavy (non-hydrogen) atoms. The van der Waals surface area contributed by atoms with Crippen molar-refractivity contribution >= 4 is 10.0 Å². The molecule has 0 bridgehead atoms. The van der Waals surface area contributed by atoms with Crippen molar-refractivity contribution in [3.63, 3.8) is 0 Å². The SMILES string of the molecule is COc1ccc(CNS(=O)(=O)Cc2ccc(F)cc2)cc1F. The number of benzene rings is 2. The summed E-state index contributed by atoms with van der Waals surface area (Å²) < 4.78 is 57.3. The van der Waals surface area contributed by atoms with E-state index in [0.29, 0.717) is 11.1 Å². The van der Waals surface area contributed by atoms with Crippen molar-refractivity contribution in [2.24, 2.45) is 0 Å². The topological polar surface area (TPSA) is 55.4 Å². The smallest absolute Gasteiger partial charge is 0.216 e. The molecule has 0 aliphatic rings. The quantitative estimate of drug-likeness (QED) is 0.887. The normalized spacial score (nSPS) is 11.4. The molecule has 1 N–H and O–H groups in total. The van der Waals surface area contributed by atoms with Gasteiger partial charge in [0, 0.05) is 6.54 Å². The lowest BCUT2D eigenvalue weighted by Gasteiger charge is -2.08. The summed E-state index contributed by atoms with van der Waals surface area (Å²) in [6, 6.07) is 9.41. The van der Waals surface area contributed by atoms with Gasteiger partial charge in [-0.25, -0.2) is 21.9 Å². The summed E-state index contributed by atoms with van der Waals surface area (Å²) in [6.45, 7) is -0.0373. The molecule has 0 saturated carbocycles. The average molecular weight is 327 g/mol. The largest absolute Gasteiger partial charge is 0.494 e. The fourth-order valence-corrected chi connectivity index (χ4v) is 2.98. The van der Waals surface area contributed by atoms with E-state index in [9.17, 15) is 17.2 Å². The van der Waals surface area contributed by atoms with Crippen LogP contribution < -0.4 is 9.46 Å². The van der Waals surface area contributed by atoms with Crippen LogP contribution in [0.3, 0.4) is 0 Å². The summed E-state index contributed by atoms with van der Waals surface area (Å²) in [5.74, 6) is -1.16. The van der Waals surface area contributed by atoms with E-state index in [2.05, 4.69) is 4.72 Å². The van der Waals surface area contributed by atoms with Crippen LogP contribution in [0.25, 0.3) is 0 Å². The number of hydrogen-bond donors (Lipinski definition) is 1. The fraction of sp³-hybridized carbons (Fsp3) is 0.200. The van der Waals surface area contributed by atoms with E-state index in [4.69, 9.17) is 4.74 Å². The highest BCUT2D eigenvalue weighted by Crippen LogP contribution is 2.17. The van der Waals surface area contributed by atoms with Crippen LogP contribution in [-0.4, -0.2) is 15.5 Å². The van der Waals surface area contributed by atoms with Crippen molar-refractivity contribution in [1.29, 1.82) is 0 Å². The molecule has 4 nitrogen and oxygen atoms in total. The van der Waals surface area contributed by atoms with E-state index in [1.807, 2.05) is 0 Å². The van der Waals surface area contributed by atoms with Crippen molar-refractivity contribution < 1.29 is 21.9 Å². The summed E-state index contributed by atoms with van der Waals surface area (Å²) in [5.41, 5.74) is 0.941. The second kappa shape index (κ2) is 6.85. The minimum atomic E-state index is -3.60. The molecule has 0 aliphatic carbocycles. The minimum Gasteiger partial charge on any atom is -0.494 e. The van der Waals surface area contributed by atoms with Gasteiger partial charge in [0.25, 0.3) is 0 Å². The monoisotopic (exact) mass is 327 g/mol. The Bertz CT molecular complexity index is 746. The Morgan fingerprint density at radius 3 is 2.27 bits per heavy atom. The van der Waals surface area contributed by atoms with E-state index >= 15 is 0 Å². The van der Waals surface area contributed by atoms with Gasteiger partial charge in [0.15, 0.2) is 11.6 Å². The first-order valence-corrected chi connectivity index (χ1v) is 8.09. The zero-order valence-electron chi connectivity index (χ0n) is 11.8. The molecule has 2 aromatic carbocycles. The highest BCUT2D eigenvalue weighted by Gasteiger charge is 2.12. The standard InChI is InChI=1S/C15H15F2NO3S/c1-21-15-7-4-12(8-14(15)17)9-18-22(19,20)10-11-2-5-13(16)6-3-11/h2-8,18H,9-10H2,1H3. The summed E-state index contributed by atoms with van der Waals surface area (Å²) in [6.07, 6.45) is 0. The predicted octanol–water partition coefficient (Wildman–Crippen LogP) is 2.59. The van der Waals surface area contributed by atoms with Gasteiger partial charge >= 0.3 is 0 Å². The third-order valence-electron chi connectivity index (χ3n) is 2.98. The number of methoxy groups -OCH3 is 1. The maximum absolute atomic E-state index is 13.5. The van der Waals surface area contributed by atoms with Crippen LogP contribution >= 0.6 is 0 Å². The third-order valence-corrected chi connectivity index (χ3v) is 4.28. The van der Waals surface area contributed by atoms with E-state index in [1.165, 1.54) is 43.5 Å². The van der Waals surface area contributed by atoms with Gasteiger partial charge in [-0.2, -0.15) is 0 Å². The average Bonchev–Trinajstić information content (AvgIpc) is 2.48. The Hall–Kier alpha value is -1.99. The van der Waals surface area contributed by atoms with Crippen molar-refractivity contribution in [2.45, 2.75) is 12.3 Å². The second-order valence-corrected chi connectivity index (χ2v) is 6.48. The molecule has 118 valence electrons. The molecular weight excluding hydrogens is 312 g/mol. The third kappa shape index (κ3) is 4.51. The van der Waals surface area contributed by atoms with Gasteiger partial charge < -0.3 is 4.74 Å². The molecule has 0 radical (unpaired) electrons. The van der Waals surface area contributed by atoms with Gasteiger partial charge in [-0.05, 0) is 35.4 Å². The molecule has 0 saturated heterocycles. The molecule has 2 aromatic rings. The summed E-state index contributed by atoms with van der Waals surface area (Å²) in [7, 11) is -2.25. The van der Waals surface area contributed by atoms with Crippen molar-refractivity contribution in [3.05, 3.63) is 65.2 Å². The fourth-order valence-electron chi connectivity index (χ4n) is 1.86. The Balaban J connectivity index is 2.00. The van der Waals surface area contributed by atoms with E-state index < -0.39 is 21.7 Å². The van der Waals surface area contributed by atoms with Crippen LogP contribution in [0, 0.1) is 11.6 Å². The zero-order valence-corrected chi connectivity index (χ0v) is 12.7. The summed E-state index contributed by atoms with van der Waals surface area (Å²) >= 11 is 0. The predicted molar refractivity (Wildman–Crippen MR) is 78.8 cm³/mol. The molecule has 2 rings (SSSR count). The molecule has 0 spiro atoms. The van der Waals surface area contributed by atoms with Gasteiger partial charge in [0.05, 0.1) is 12.9 Å². The maximum Gasteiger partial charge on any atom is 0.216 e. The lowest BCUT2D eigenvalue weighted by Crippen LogP contribution is -2.24. The Morgan fingerprint density at radius 1 is 1.05 bits per heavy atom. The molecule has 0 aliphatic heterocycles. The minimum absolute atomic E-state index is 0.0373. The number of halogens is 2. The first-order chi connectivity index (χ1) is 10.4. The number of ether oxygens (including phenoxy) is 1. The number of sulfonamides is 1. The van der Waals surface area contributed by atoms with E-state index in [1.54, 1.807) is 6.07 Å². The molecule has 0 aromatic heterocycles. The number of rotatable bonds is 6. The van der Waals surface area contributed by atoms with Crippen LogP contribution in [-0.2, 0) is 22.3 Å². The Kier molecular flexibility index (Phi) is 5.10. The maximum atomic E-state index is 13.5. The summed E-state index contributed by atoms with van der Waals surface area (Å²) in [4.78, 5) is 0. The van der Waals surface area contributed by atoms with Gasteiger partial charge in [0.1, 0.15) is 5.82 Å². The molecule has 0 unspecified atom stereocenters. The highest BCUT2D eigenvalue weighted by molar-refractivity contribution is 7.88. The van der Waals surface area contributed by atoms with Gasteiger partial charge in [-0.15, -0.1) is 0 Å². The lowest BCUT2D eigenvalue weighted by molar-refractivity contribution is 0.386. The molecule has 0 atom stereocenters. The summed E-state index contributed by atoms with van der Waals surface area (Å²) in [5, 5.41) is 0. The van der Waals surface area contributed by atoms with Gasteiger partial charge in [0.2, 0.25) is 10.0 Å². The van der Waals surface area contributed by atoms with Gasteiger partial charge in [-0.3, -0.25) is 0 Å². The van der Waals surface area contributed by atoms with Crippen molar-refractivity contribution in [1.82, 2.24) is 4.72 Å². The number of nitrogens with one attached hydrogen (secondary N) is 1. The van der Waals surface area contributed by atoms with Crippen LogP contribution in [0.15, 0.2) is 42.5 Å². The Labute approximate surface area is 127 Å². The first kappa shape index (κ1) is 16.4. The molecule has 0 amide bonds. The molecule has 7 heteroatoms. The van der Waals surface area contributed by atoms with Crippen molar-refractivity contribution in [3.8, 4) is 5.75 Å². The number of hydrogen-bond acceptors (Lipinski definition) is 3. The van der Waals surface area contributed by atoms with Crippen LogP contribution in [0.2, 0.25) is 0 Å². The van der Waals surface area contributed by atoms with E-state index in [-0.39, 0.29) is 18.0 Å². The van der Waals surface area contributed by atoms with Gasteiger partial charge in [-0.1, -0.05) is 18.2 Å². The van der Waals surface area contributed by atoms with Crippen LogP contribution in [0.5, 0.6) is 5.75 Å². The van der Waals surface area contributed by atoms with Crippen molar-refractivity contribution in [2.75, 3.05) is 7.11 Å². The van der Waals surface area contributed by atoms with Crippen LogP contribution in [0.4, 0.5) is 8.78 Å². The zero-order chi connectivity index (χ0) is 16.2. The molecular formula is C15H15F2NO3S. The second-order valence-electron chi connectivity index (χ2n) is 4.68. The Morgan fingerprint density at radius 2 is 1.68 bits per heavy atom.